The number of ether oxygens (including phenoxy) is 2. The minimum absolute atomic E-state index is 0.164. The number of aromatic nitrogens is 2. The van der Waals surface area contributed by atoms with Crippen molar-refractivity contribution in [2.24, 2.45) is 9.98 Å². The van der Waals surface area contributed by atoms with E-state index in [9.17, 15) is 9.18 Å². The molecular weight excluding hydrogens is 377 g/mol. The van der Waals surface area contributed by atoms with E-state index in [1.54, 1.807) is 29.1 Å². The van der Waals surface area contributed by atoms with Crippen LogP contribution >= 0.6 is 0 Å². The second-order valence-corrected chi connectivity index (χ2v) is 6.68. The standard InChI is InChI=1S/C20H16FN5O3/c21-17-5-15(1-2-18(17)25-8-13-3-4-22-6-14(13)9-25)26-10-16(29-20(26)27)11-28-19-7-23-12-24-19/h1-9,16H,10-12H2. The first-order valence-electron chi connectivity index (χ1n) is 9.04. The van der Waals surface area contributed by atoms with Crippen LogP contribution in [-0.4, -0.2) is 53.7 Å². The zero-order valence-corrected chi connectivity index (χ0v) is 15.2. The van der Waals surface area contributed by atoms with Crippen molar-refractivity contribution in [2.75, 3.05) is 24.7 Å². The number of carbonyl (C=O) groups is 1. The Morgan fingerprint density at radius 3 is 2.93 bits per heavy atom. The van der Waals surface area contributed by atoms with Crippen LogP contribution in [0.25, 0.3) is 16.5 Å². The van der Waals surface area contributed by atoms with Gasteiger partial charge in [-0.1, -0.05) is 0 Å². The third-order valence-corrected chi connectivity index (χ3v) is 4.77. The van der Waals surface area contributed by atoms with Gasteiger partial charge in [0.05, 0.1) is 24.1 Å². The molecule has 2 aliphatic heterocycles. The summed E-state index contributed by atoms with van der Waals surface area (Å²) in [6.07, 6.45) is 7.59. The molecule has 2 aliphatic rings. The van der Waals surface area contributed by atoms with Gasteiger partial charge in [0.1, 0.15) is 19.1 Å². The van der Waals surface area contributed by atoms with Crippen molar-refractivity contribution in [3.05, 3.63) is 54.9 Å². The van der Waals surface area contributed by atoms with Crippen LogP contribution in [0.4, 0.5) is 14.9 Å². The quantitative estimate of drug-likeness (QED) is 0.683. The predicted molar refractivity (Wildman–Crippen MR) is 105 cm³/mol. The lowest BCUT2D eigenvalue weighted by Crippen LogP contribution is -2.26. The third kappa shape index (κ3) is 3.31. The number of amides is 1. The summed E-state index contributed by atoms with van der Waals surface area (Å²) >= 11 is 0. The molecule has 146 valence electrons. The molecule has 0 bridgehead atoms. The number of pyridine rings is 1. The van der Waals surface area contributed by atoms with Crippen LogP contribution in [0.5, 0.6) is 0 Å². The number of anilines is 1. The summed E-state index contributed by atoms with van der Waals surface area (Å²) in [5, 5.41) is 1.88. The van der Waals surface area contributed by atoms with Gasteiger partial charge in [-0.3, -0.25) is 14.9 Å². The summed E-state index contributed by atoms with van der Waals surface area (Å²) in [4.78, 5) is 25.6. The average molecular weight is 393 g/mol. The van der Waals surface area contributed by atoms with E-state index in [0.717, 1.165) is 10.8 Å². The number of rotatable bonds is 4. The maximum absolute atomic E-state index is 14.8. The van der Waals surface area contributed by atoms with Gasteiger partial charge in [-0.2, -0.15) is 0 Å². The Labute approximate surface area is 164 Å². The van der Waals surface area contributed by atoms with Crippen LogP contribution in [0, 0.1) is 5.82 Å². The molecule has 1 unspecified atom stereocenters. The van der Waals surface area contributed by atoms with Gasteiger partial charge < -0.3 is 14.0 Å². The molecule has 0 aliphatic carbocycles. The number of halogens is 1. The Morgan fingerprint density at radius 2 is 2.14 bits per heavy atom. The van der Waals surface area contributed by atoms with E-state index in [1.165, 1.54) is 17.2 Å². The lowest BCUT2D eigenvalue weighted by atomic mass is 10.2. The Balaban J connectivity index is 1.33. The molecule has 1 atom stereocenters. The van der Waals surface area contributed by atoms with Crippen LogP contribution in [0.2, 0.25) is 0 Å². The van der Waals surface area contributed by atoms with Crippen molar-refractivity contribution in [2.45, 2.75) is 6.10 Å². The molecule has 0 spiro atoms. The molecule has 5 rings (SSSR count). The van der Waals surface area contributed by atoms with E-state index in [-0.39, 0.29) is 13.2 Å². The van der Waals surface area contributed by atoms with Crippen molar-refractivity contribution < 1.29 is 18.7 Å². The highest BCUT2D eigenvalue weighted by atomic mass is 19.1. The van der Waals surface area contributed by atoms with E-state index >= 15 is 0 Å². The molecule has 4 heterocycles. The first-order chi connectivity index (χ1) is 14.2. The molecule has 3 aromatic rings. The van der Waals surface area contributed by atoms with Crippen molar-refractivity contribution >= 4 is 34.7 Å². The zero-order chi connectivity index (χ0) is 19.8. The molecule has 0 N–H and O–H groups in total. The molecule has 1 aromatic carbocycles. The topological polar surface area (TPSA) is 81.3 Å². The van der Waals surface area contributed by atoms with Gasteiger partial charge in [-0.25, -0.2) is 14.2 Å². The van der Waals surface area contributed by atoms with E-state index in [1.807, 2.05) is 18.5 Å². The lowest BCUT2D eigenvalue weighted by Gasteiger charge is -2.14. The number of hydrogen-bond donors (Lipinski definition) is 0. The molecule has 0 radical (unpaired) electrons. The van der Waals surface area contributed by atoms with Crippen LogP contribution in [-0.2, 0) is 9.47 Å². The van der Waals surface area contributed by atoms with Gasteiger partial charge in [0.2, 0.25) is 5.90 Å². The first kappa shape index (κ1) is 17.4. The van der Waals surface area contributed by atoms with Crippen LogP contribution in [0.1, 0.15) is 0 Å². The Bertz CT molecular complexity index is 1120. The number of fused-ring (bicyclic) bond motifs is 1. The van der Waals surface area contributed by atoms with Crippen LogP contribution in [0.15, 0.2) is 59.0 Å². The second kappa shape index (κ2) is 7.01. The van der Waals surface area contributed by atoms with Crippen molar-refractivity contribution in [3.63, 3.8) is 0 Å². The number of nitrogens with zero attached hydrogens (tertiary/aromatic N) is 5. The molecule has 1 amide bonds. The van der Waals surface area contributed by atoms with Crippen molar-refractivity contribution in [1.82, 2.24) is 9.55 Å². The first-order valence-corrected chi connectivity index (χ1v) is 9.04. The lowest BCUT2D eigenvalue weighted by molar-refractivity contribution is 0.102. The number of hydrogen-bond acceptors (Lipinski definition) is 6. The van der Waals surface area contributed by atoms with E-state index in [0.29, 0.717) is 23.9 Å². The normalized spacial score (nSPS) is 18.4. The summed E-state index contributed by atoms with van der Waals surface area (Å²) in [7, 11) is 0. The largest absolute Gasteiger partial charge is 0.473 e. The summed E-state index contributed by atoms with van der Waals surface area (Å²) in [5.74, 6) is -0.0241. The van der Waals surface area contributed by atoms with Crippen molar-refractivity contribution in [1.29, 1.82) is 0 Å². The van der Waals surface area contributed by atoms with Gasteiger partial charge in [0, 0.05) is 35.6 Å². The molecule has 2 aromatic heterocycles. The third-order valence-electron chi connectivity index (χ3n) is 4.77. The highest BCUT2D eigenvalue weighted by Gasteiger charge is 2.33. The maximum atomic E-state index is 14.8. The molecule has 0 saturated carbocycles. The fraction of sp³-hybridized carbons (Fsp3) is 0.200. The second-order valence-electron chi connectivity index (χ2n) is 6.68. The smallest absolute Gasteiger partial charge is 0.414 e. The Kier molecular flexibility index (Phi) is 4.19. The summed E-state index contributed by atoms with van der Waals surface area (Å²) < 4.78 is 27.3. The number of aliphatic imine (C=N–C) groups is 2. The van der Waals surface area contributed by atoms with Gasteiger partial charge in [0.25, 0.3) is 0 Å². The monoisotopic (exact) mass is 393 g/mol. The van der Waals surface area contributed by atoms with Gasteiger partial charge >= 0.3 is 6.09 Å². The minimum Gasteiger partial charge on any atom is -0.473 e. The SMILES string of the molecule is O=C1OC(COC2=NCN=C2)CN1c1ccc(-n2cc3ccncc3c2)c(F)c1. The number of carbonyl (C=O) groups excluding carboxylic acids is 1. The molecule has 9 heteroatoms. The van der Waals surface area contributed by atoms with E-state index < -0.39 is 18.0 Å². The van der Waals surface area contributed by atoms with Gasteiger partial charge in [-0.05, 0) is 24.3 Å². The summed E-state index contributed by atoms with van der Waals surface area (Å²) in [6.45, 7) is 0.782. The molecule has 29 heavy (non-hydrogen) atoms. The van der Waals surface area contributed by atoms with Crippen LogP contribution in [0.3, 0.4) is 0 Å². The van der Waals surface area contributed by atoms with E-state index in [4.69, 9.17) is 9.47 Å². The zero-order valence-electron chi connectivity index (χ0n) is 15.2. The highest BCUT2D eigenvalue weighted by molar-refractivity contribution is 6.27. The summed E-state index contributed by atoms with van der Waals surface area (Å²) in [5.41, 5.74) is 0.813. The molecular formula is C20H16FN5O3. The number of benzene rings is 1. The molecule has 8 nitrogen and oxygen atoms in total. The summed E-state index contributed by atoms with van der Waals surface area (Å²) in [6, 6.07) is 6.53. The fourth-order valence-electron chi connectivity index (χ4n) is 3.34. The Morgan fingerprint density at radius 1 is 1.24 bits per heavy atom. The maximum Gasteiger partial charge on any atom is 0.414 e. The Hall–Kier alpha value is -3.75. The van der Waals surface area contributed by atoms with Crippen LogP contribution < -0.4 is 4.90 Å². The molecule has 1 saturated heterocycles. The highest BCUT2D eigenvalue weighted by Crippen LogP contribution is 2.27. The fourth-order valence-corrected chi connectivity index (χ4v) is 3.34. The molecule has 1 fully saturated rings. The predicted octanol–water partition coefficient (Wildman–Crippen LogP) is 2.95. The van der Waals surface area contributed by atoms with E-state index in [2.05, 4.69) is 15.0 Å². The number of cyclic esters (lactones) is 1. The van der Waals surface area contributed by atoms with Gasteiger partial charge in [-0.15, -0.1) is 0 Å². The average Bonchev–Trinajstić information content (AvgIpc) is 3.45. The minimum atomic E-state index is -0.537. The van der Waals surface area contributed by atoms with Crippen molar-refractivity contribution in [3.8, 4) is 5.69 Å². The van der Waals surface area contributed by atoms with Gasteiger partial charge in [0.15, 0.2) is 6.10 Å².